The van der Waals surface area contributed by atoms with Crippen molar-refractivity contribution in [3.8, 4) is 11.8 Å². The first-order valence-electron chi connectivity index (χ1n) is 13.2. The molecule has 2 fully saturated rings. The highest BCUT2D eigenvalue weighted by atomic mass is 16.5. The van der Waals surface area contributed by atoms with Crippen molar-refractivity contribution in [3.05, 3.63) is 58.9 Å². The zero-order chi connectivity index (χ0) is 26.1. The second kappa shape index (κ2) is 10.4. The van der Waals surface area contributed by atoms with Crippen molar-refractivity contribution >= 4 is 22.7 Å². The minimum atomic E-state index is -0.0823. The van der Waals surface area contributed by atoms with E-state index in [9.17, 15) is 14.9 Å². The van der Waals surface area contributed by atoms with Gasteiger partial charge in [0.25, 0.3) is 0 Å². The summed E-state index contributed by atoms with van der Waals surface area (Å²) in [5.41, 5.74) is 3.69. The van der Waals surface area contributed by atoms with Gasteiger partial charge in [0.15, 0.2) is 5.78 Å². The van der Waals surface area contributed by atoms with Crippen LogP contribution in [0.25, 0.3) is 11.0 Å². The molecule has 7 nitrogen and oxygen atoms in total. The van der Waals surface area contributed by atoms with Crippen LogP contribution in [0.4, 0.5) is 0 Å². The van der Waals surface area contributed by atoms with Crippen molar-refractivity contribution in [2.24, 2.45) is 18.9 Å². The number of pyridine rings is 1. The number of methoxy groups -OCH3 is 1. The lowest BCUT2D eigenvalue weighted by Crippen LogP contribution is -2.44. The first-order chi connectivity index (χ1) is 17.9. The molecule has 1 saturated heterocycles. The Hall–Kier alpha value is -3.66. The maximum absolute atomic E-state index is 13.1. The third kappa shape index (κ3) is 4.73. The molecule has 3 heterocycles. The normalized spacial score (nSPS) is 20.2. The van der Waals surface area contributed by atoms with E-state index in [4.69, 9.17) is 9.72 Å². The number of aromatic nitrogens is 2. The number of hydrogen-bond donors (Lipinski definition) is 0. The zero-order valence-corrected chi connectivity index (χ0v) is 21.9. The molecular weight excluding hydrogens is 464 g/mol. The van der Waals surface area contributed by atoms with Crippen LogP contribution in [0, 0.1) is 23.2 Å². The Morgan fingerprint density at radius 2 is 2.00 bits per heavy atom. The van der Waals surface area contributed by atoms with E-state index < -0.39 is 0 Å². The molecular formula is C30H34N4O3. The summed E-state index contributed by atoms with van der Waals surface area (Å²) < 4.78 is 7.95. The molecule has 3 aromatic rings. The Balaban J connectivity index is 1.44. The van der Waals surface area contributed by atoms with Crippen molar-refractivity contribution in [1.82, 2.24) is 14.5 Å². The Kier molecular flexibility index (Phi) is 7.01. The highest BCUT2D eigenvalue weighted by Gasteiger charge is 2.35. The molecule has 1 aliphatic heterocycles. The van der Waals surface area contributed by atoms with E-state index in [1.165, 1.54) is 18.4 Å². The Bertz CT molecular complexity index is 1380. The Morgan fingerprint density at radius 1 is 1.22 bits per heavy atom. The van der Waals surface area contributed by atoms with Gasteiger partial charge in [-0.25, -0.2) is 4.98 Å². The number of fused-ring (bicyclic) bond motifs is 1. The number of hydrogen-bond acceptors (Lipinski definition) is 5. The third-order valence-corrected chi connectivity index (χ3v) is 8.23. The number of carbonyl (C=O) groups is 2. The van der Waals surface area contributed by atoms with Gasteiger partial charge in [0, 0.05) is 56.0 Å². The zero-order valence-electron chi connectivity index (χ0n) is 21.9. The molecule has 1 aliphatic carbocycles. The van der Waals surface area contributed by atoms with Crippen LogP contribution < -0.4 is 4.74 Å². The summed E-state index contributed by atoms with van der Waals surface area (Å²) in [6.07, 6.45) is 9.29. The van der Waals surface area contributed by atoms with Gasteiger partial charge in [0.1, 0.15) is 11.4 Å². The first kappa shape index (κ1) is 25.0. The average Bonchev–Trinajstić information content (AvgIpc) is 3.57. The van der Waals surface area contributed by atoms with Crippen molar-refractivity contribution in [1.29, 1.82) is 5.26 Å². The number of Topliss-reactive ketones (excluding diaryl/α,β-unsaturated/α-hetero) is 1. The number of benzene rings is 1. The van der Waals surface area contributed by atoms with Crippen molar-refractivity contribution < 1.29 is 14.3 Å². The summed E-state index contributed by atoms with van der Waals surface area (Å²) in [7, 11) is 3.63. The van der Waals surface area contributed by atoms with Gasteiger partial charge < -0.3 is 14.2 Å². The molecule has 0 bridgehead atoms. The van der Waals surface area contributed by atoms with Gasteiger partial charge in [-0.3, -0.25) is 9.59 Å². The molecule has 2 aliphatic rings. The van der Waals surface area contributed by atoms with Crippen LogP contribution in [0.2, 0.25) is 0 Å². The first-order valence-corrected chi connectivity index (χ1v) is 13.2. The number of piperidine rings is 1. The summed E-state index contributed by atoms with van der Waals surface area (Å²) in [5.74, 6) is 1.71. The standard InChI is InChI=1S/C30H34N4O3/c1-19-17-34(30(36)21-8-4-5-9-21)12-11-24(19)25-18-33(2)29-27(25)28(37-3)23(16-32-29)14-26(35)22-10-6-7-20(13-22)15-31/h6-7,10,13,16,18-19,21,24H,4-5,8-9,11-12,14,17H2,1-3H3/t19-,24?/m0/s1. The highest BCUT2D eigenvalue weighted by Crippen LogP contribution is 2.42. The van der Waals surface area contributed by atoms with Crippen LogP contribution in [0.3, 0.4) is 0 Å². The Labute approximate surface area is 218 Å². The fourth-order valence-electron chi connectivity index (χ4n) is 6.30. The van der Waals surface area contributed by atoms with Crippen molar-refractivity contribution in [2.75, 3.05) is 20.2 Å². The van der Waals surface area contributed by atoms with E-state index in [2.05, 4.69) is 24.1 Å². The quantitative estimate of drug-likeness (QED) is 0.445. The lowest BCUT2D eigenvalue weighted by atomic mass is 9.81. The number of likely N-dealkylation sites (tertiary alicyclic amines) is 1. The summed E-state index contributed by atoms with van der Waals surface area (Å²) in [4.78, 5) is 33.0. The number of ketones is 1. The molecule has 1 aromatic carbocycles. The number of aryl methyl sites for hydroxylation is 1. The molecule has 37 heavy (non-hydrogen) atoms. The number of amides is 1. The summed E-state index contributed by atoms with van der Waals surface area (Å²) in [6.45, 7) is 3.76. The molecule has 0 N–H and O–H groups in total. The molecule has 2 atom stereocenters. The highest BCUT2D eigenvalue weighted by molar-refractivity contribution is 5.99. The minimum absolute atomic E-state index is 0.0823. The molecule has 7 heteroatoms. The molecule has 0 spiro atoms. The number of ether oxygens (including phenoxy) is 1. The second-order valence-electron chi connectivity index (χ2n) is 10.6. The summed E-state index contributed by atoms with van der Waals surface area (Å²) in [6, 6.07) is 8.87. The maximum Gasteiger partial charge on any atom is 0.225 e. The van der Waals surface area contributed by atoms with Gasteiger partial charge >= 0.3 is 0 Å². The lowest BCUT2D eigenvalue weighted by molar-refractivity contribution is -0.137. The average molecular weight is 499 g/mol. The topological polar surface area (TPSA) is 88.2 Å². The van der Waals surface area contributed by atoms with E-state index in [1.807, 2.05) is 11.6 Å². The van der Waals surface area contributed by atoms with Gasteiger partial charge in [0.05, 0.1) is 24.1 Å². The molecule has 1 amide bonds. The smallest absolute Gasteiger partial charge is 0.225 e. The van der Waals surface area contributed by atoms with Crippen LogP contribution in [0.15, 0.2) is 36.7 Å². The van der Waals surface area contributed by atoms with E-state index in [-0.39, 0.29) is 24.0 Å². The number of rotatable bonds is 6. The van der Waals surface area contributed by atoms with Gasteiger partial charge in [-0.05, 0) is 48.8 Å². The van der Waals surface area contributed by atoms with E-state index in [1.54, 1.807) is 37.6 Å². The maximum atomic E-state index is 13.1. The molecule has 0 radical (unpaired) electrons. The van der Waals surface area contributed by atoms with Gasteiger partial charge in [0.2, 0.25) is 5.91 Å². The third-order valence-electron chi connectivity index (χ3n) is 8.23. The number of nitriles is 1. The van der Waals surface area contributed by atoms with Gasteiger partial charge in [-0.2, -0.15) is 5.26 Å². The van der Waals surface area contributed by atoms with Crippen LogP contribution in [0.1, 0.15) is 72.0 Å². The Morgan fingerprint density at radius 3 is 2.70 bits per heavy atom. The van der Waals surface area contributed by atoms with Crippen LogP contribution >= 0.6 is 0 Å². The summed E-state index contributed by atoms with van der Waals surface area (Å²) >= 11 is 0. The molecule has 1 saturated carbocycles. The van der Waals surface area contributed by atoms with Crippen LogP contribution in [0.5, 0.6) is 5.75 Å². The molecule has 5 rings (SSSR count). The number of carbonyl (C=O) groups excluding carboxylic acids is 2. The monoisotopic (exact) mass is 498 g/mol. The van der Waals surface area contributed by atoms with E-state index in [0.29, 0.717) is 28.7 Å². The largest absolute Gasteiger partial charge is 0.496 e. The number of nitrogens with zero attached hydrogens (tertiary/aromatic N) is 4. The van der Waals surface area contributed by atoms with Gasteiger partial charge in [-0.1, -0.05) is 31.9 Å². The van der Waals surface area contributed by atoms with E-state index in [0.717, 1.165) is 48.9 Å². The lowest BCUT2D eigenvalue weighted by Gasteiger charge is -2.38. The van der Waals surface area contributed by atoms with Crippen LogP contribution in [-0.2, 0) is 18.3 Å². The fraction of sp³-hybridized carbons (Fsp3) is 0.467. The molecule has 1 unspecified atom stereocenters. The fourth-order valence-corrected chi connectivity index (χ4v) is 6.30. The minimum Gasteiger partial charge on any atom is -0.496 e. The van der Waals surface area contributed by atoms with Crippen LogP contribution in [-0.4, -0.2) is 46.3 Å². The van der Waals surface area contributed by atoms with Crippen molar-refractivity contribution in [3.63, 3.8) is 0 Å². The van der Waals surface area contributed by atoms with Gasteiger partial charge in [-0.15, -0.1) is 0 Å². The second-order valence-corrected chi connectivity index (χ2v) is 10.6. The summed E-state index contributed by atoms with van der Waals surface area (Å²) in [5, 5.41) is 10.2. The van der Waals surface area contributed by atoms with Crippen molar-refractivity contribution in [2.45, 2.75) is 51.4 Å². The predicted octanol–water partition coefficient (Wildman–Crippen LogP) is 5.02. The molecule has 192 valence electrons. The predicted molar refractivity (Wildman–Crippen MR) is 142 cm³/mol. The SMILES string of the molecule is COc1c(CC(=O)c2cccc(C#N)c2)cnc2c1c(C1CCN(C(=O)C3CCCC3)C[C@@H]1C)cn2C. The van der Waals surface area contributed by atoms with E-state index >= 15 is 0 Å². The molecule has 2 aromatic heterocycles.